The average Bonchev–Trinajstić information content (AvgIpc) is 3.33. The van der Waals surface area contributed by atoms with Crippen LogP contribution in [-0.2, 0) is 9.53 Å². The summed E-state index contributed by atoms with van der Waals surface area (Å²) in [5, 5.41) is 5.95. The van der Waals surface area contributed by atoms with Crippen LogP contribution in [0.4, 0.5) is 5.69 Å². The first-order chi connectivity index (χ1) is 13.8. The van der Waals surface area contributed by atoms with Gasteiger partial charge in [-0.2, -0.15) is 0 Å². The van der Waals surface area contributed by atoms with Gasteiger partial charge in [-0.1, -0.05) is 17.7 Å². The van der Waals surface area contributed by atoms with Gasteiger partial charge in [-0.05, 0) is 43.8 Å². The number of anilines is 1. The predicted octanol–water partition coefficient (Wildman–Crippen LogP) is 5.33. The third-order valence-electron chi connectivity index (χ3n) is 4.11. The second kappa shape index (κ2) is 8.94. The SMILES string of the molecule is COc1cc(Cl)c(C)cc1NC(=O)C(C)OC(=O)c1sc(-c2cccs2)nc1C. The number of carbonyl (C=O) groups excluding carboxylic acids is 2. The molecule has 29 heavy (non-hydrogen) atoms. The Labute approximate surface area is 181 Å². The Morgan fingerprint density at radius 1 is 1.28 bits per heavy atom. The summed E-state index contributed by atoms with van der Waals surface area (Å²) in [6.45, 7) is 5.08. The first-order valence-electron chi connectivity index (χ1n) is 8.67. The van der Waals surface area contributed by atoms with E-state index < -0.39 is 18.0 Å². The molecule has 1 amide bonds. The molecule has 3 aromatic rings. The Bertz CT molecular complexity index is 1050. The fraction of sp³-hybridized carbons (Fsp3) is 0.250. The molecule has 0 spiro atoms. The number of aromatic nitrogens is 1. The first-order valence-corrected chi connectivity index (χ1v) is 10.7. The van der Waals surface area contributed by atoms with E-state index in [9.17, 15) is 9.59 Å². The van der Waals surface area contributed by atoms with Gasteiger partial charge < -0.3 is 14.8 Å². The molecule has 0 radical (unpaired) electrons. The maximum Gasteiger partial charge on any atom is 0.351 e. The Balaban J connectivity index is 1.70. The van der Waals surface area contributed by atoms with Gasteiger partial charge in [0.2, 0.25) is 0 Å². The normalized spacial score (nSPS) is 11.8. The van der Waals surface area contributed by atoms with Crippen LogP contribution in [0, 0.1) is 13.8 Å². The highest BCUT2D eigenvalue weighted by Crippen LogP contribution is 2.32. The highest BCUT2D eigenvalue weighted by atomic mass is 35.5. The van der Waals surface area contributed by atoms with E-state index in [4.69, 9.17) is 21.1 Å². The van der Waals surface area contributed by atoms with Gasteiger partial charge in [-0.15, -0.1) is 22.7 Å². The summed E-state index contributed by atoms with van der Waals surface area (Å²) in [5.74, 6) is -0.630. The van der Waals surface area contributed by atoms with Crippen LogP contribution >= 0.6 is 34.3 Å². The lowest BCUT2D eigenvalue weighted by Crippen LogP contribution is -2.30. The molecule has 1 N–H and O–H groups in total. The second-order valence-electron chi connectivity index (χ2n) is 6.25. The molecule has 0 saturated carbocycles. The van der Waals surface area contributed by atoms with Gasteiger partial charge in [0.15, 0.2) is 6.10 Å². The smallest absolute Gasteiger partial charge is 0.351 e. The fourth-order valence-corrected chi connectivity index (χ4v) is 4.42. The van der Waals surface area contributed by atoms with Gasteiger partial charge in [-0.25, -0.2) is 9.78 Å². The largest absolute Gasteiger partial charge is 0.495 e. The molecule has 0 fully saturated rings. The lowest BCUT2D eigenvalue weighted by Gasteiger charge is -2.16. The zero-order valence-electron chi connectivity index (χ0n) is 16.2. The summed E-state index contributed by atoms with van der Waals surface area (Å²) >= 11 is 8.88. The van der Waals surface area contributed by atoms with Crippen LogP contribution < -0.4 is 10.1 Å². The number of hydrogen-bond donors (Lipinski definition) is 1. The van der Waals surface area contributed by atoms with Crippen molar-refractivity contribution in [1.82, 2.24) is 4.98 Å². The number of methoxy groups -OCH3 is 1. The van der Waals surface area contributed by atoms with Crippen molar-refractivity contribution in [3.63, 3.8) is 0 Å². The molecule has 0 aliphatic carbocycles. The monoisotopic (exact) mass is 450 g/mol. The van der Waals surface area contributed by atoms with E-state index >= 15 is 0 Å². The van der Waals surface area contributed by atoms with Crippen molar-refractivity contribution in [3.8, 4) is 15.6 Å². The van der Waals surface area contributed by atoms with Gasteiger partial charge in [0.05, 0.1) is 23.4 Å². The maximum atomic E-state index is 12.6. The minimum absolute atomic E-state index is 0.382. The third kappa shape index (κ3) is 4.77. The number of esters is 1. The fourth-order valence-electron chi connectivity index (χ4n) is 2.52. The van der Waals surface area contributed by atoms with Crippen LogP contribution in [0.15, 0.2) is 29.6 Å². The number of nitrogens with one attached hydrogen (secondary N) is 1. The van der Waals surface area contributed by atoms with Crippen molar-refractivity contribution in [2.45, 2.75) is 26.9 Å². The van der Waals surface area contributed by atoms with Crippen molar-refractivity contribution in [2.75, 3.05) is 12.4 Å². The molecular formula is C20H19ClN2O4S2. The Morgan fingerprint density at radius 2 is 2.03 bits per heavy atom. The van der Waals surface area contributed by atoms with Crippen LogP contribution in [0.3, 0.4) is 0 Å². The predicted molar refractivity (Wildman–Crippen MR) is 116 cm³/mol. The molecule has 152 valence electrons. The lowest BCUT2D eigenvalue weighted by molar-refractivity contribution is -0.123. The molecule has 9 heteroatoms. The first kappa shape index (κ1) is 21.3. The van der Waals surface area contributed by atoms with Crippen LogP contribution in [0.25, 0.3) is 9.88 Å². The Hall–Kier alpha value is -2.42. The number of nitrogens with zero attached hydrogens (tertiary/aromatic N) is 1. The van der Waals surface area contributed by atoms with Crippen LogP contribution in [-0.4, -0.2) is 30.1 Å². The van der Waals surface area contributed by atoms with Gasteiger partial charge in [0.1, 0.15) is 15.6 Å². The molecule has 0 bridgehead atoms. The van der Waals surface area contributed by atoms with E-state index in [1.165, 1.54) is 25.4 Å². The summed E-state index contributed by atoms with van der Waals surface area (Å²) in [5.41, 5.74) is 1.82. The van der Waals surface area contributed by atoms with Gasteiger partial charge in [0.25, 0.3) is 5.91 Å². The minimum atomic E-state index is -1.00. The number of amides is 1. The van der Waals surface area contributed by atoms with Crippen LogP contribution in [0.5, 0.6) is 5.75 Å². The second-order valence-corrected chi connectivity index (χ2v) is 8.60. The van der Waals surface area contributed by atoms with Crippen LogP contribution in [0.2, 0.25) is 5.02 Å². The Morgan fingerprint density at radius 3 is 2.69 bits per heavy atom. The number of aryl methyl sites for hydroxylation is 2. The van der Waals surface area contributed by atoms with E-state index in [2.05, 4.69) is 10.3 Å². The average molecular weight is 451 g/mol. The van der Waals surface area contributed by atoms with E-state index in [0.29, 0.717) is 27.0 Å². The molecule has 0 saturated heterocycles. The standard InChI is InChI=1S/C20H19ClN2O4S2/c1-10-8-14(15(26-4)9-13(10)21)23-18(24)12(3)27-20(25)17-11(2)22-19(29-17)16-6-5-7-28-16/h5-9,12H,1-4H3,(H,23,24). The van der Waals surface area contributed by atoms with Gasteiger partial charge >= 0.3 is 5.97 Å². The molecule has 0 aliphatic rings. The summed E-state index contributed by atoms with van der Waals surface area (Å²) in [6, 6.07) is 7.19. The molecule has 1 unspecified atom stereocenters. The highest BCUT2D eigenvalue weighted by molar-refractivity contribution is 7.22. The molecule has 1 aromatic carbocycles. The van der Waals surface area contributed by atoms with Crippen LogP contribution in [0.1, 0.15) is 27.9 Å². The number of rotatable bonds is 6. The van der Waals surface area contributed by atoms with E-state index in [0.717, 1.165) is 15.4 Å². The number of hydrogen-bond acceptors (Lipinski definition) is 7. The van der Waals surface area contributed by atoms with E-state index in [-0.39, 0.29) is 0 Å². The summed E-state index contributed by atoms with van der Waals surface area (Å²) in [4.78, 5) is 30.9. The van der Waals surface area contributed by atoms with E-state index in [1.54, 1.807) is 30.4 Å². The van der Waals surface area contributed by atoms with Crippen molar-refractivity contribution in [2.24, 2.45) is 0 Å². The minimum Gasteiger partial charge on any atom is -0.495 e. The molecule has 2 heterocycles. The van der Waals surface area contributed by atoms with Crippen molar-refractivity contribution in [3.05, 3.63) is 50.8 Å². The number of carbonyl (C=O) groups is 2. The summed E-state index contributed by atoms with van der Waals surface area (Å²) in [7, 11) is 1.48. The summed E-state index contributed by atoms with van der Waals surface area (Å²) in [6.07, 6.45) is -1.00. The topological polar surface area (TPSA) is 77.5 Å². The molecule has 1 atom stereocenters. The molecule has 3 rings (SSSR count). The van der Waals surface area contributed by atoms with Crippen molar-refractivity contribution in [1.29, 1.82) is 0 Å². The highest BCUT2D eigenvalue weighted by Gasteiger charge is 2.24. The van der Waals surface area contributed by atoms with Gasteiger partial charge in [0, 0.05) is 11.1 Å². The lowest BCUT2D eigenvalue weighted by atomic mass is 10.2. The van der Waals surface area contributed by atoms with Crippen molar-refractivity contribution >= 4 is 51.8 Å². The zero-order valence-corrected chi connectivity index (χ0v) is 18.6. The number of ether oxygens (including phenoxy) is 2. The molecule has 0 aliphatic heterocycles. The molecular weight excluding hydrogens is 432 g/mol. The quantitative estimate of drug-likeness (QED) is 0.513. The third-order valence-corrected chi connectivity index (χ3v) is 6.69. The van der Waals surface area contributed by atoms with Crippen molar-refractivity contribution < 1.29 is 19.1 Å². The number of halogens is 1. The number of thiazole rings is 1. The van der Waals surface area contributed by atoms with E-state index in [1.807, 2.05) is 24.4 Å². The molecule has 6 nitrogen and oxygen atoms in total. The van der Waals surface area contributed by atoms with Gasteiger partial charge in [-0.3, -0.25) is 4.79 Å². The number of thiophene rings is 1. The number of benzene rings is 1. The molecule has 2 aromatic heterocycles. The Kier molecular flexibility index (Phi) is 6.56. The summed E-state index contributed by atoms with van der Waals surface area (Å²) < 4.78 is 10.6. The zero-order chi connectivity index (χ0) is 21.1. The maximum absolute atomic E-state index is 12.6.